The van der Waals surface area contributed by atoms with Crippen LogP contribution < -0.4 is 11.2 Å². The monoisotopic (exact) mass is 542 g/mol. The Kier molecular flexibility index (Phi) is 8.48. The maximum atomic E-state index is 6.86. The van der Waals surface area contributed by atoms with Crippen LogP contribution in [0.1, 0.15) is 74.5 Å². The van der Waals surface area contributed by atoms with Gasteiger partial charge in [-0.3, -0.25) is 0 Å². The average Bonchev–Trinajstić information content (AvgIpc) is 3.18. The van der Waals surface area contributed by atoms with E-state index in [1.165, 1.54) is 35.0 Å². The Morgan fingerprint density at radius 1 is 0.927 bits per heavy atom. The van der Waals surface area contributed by atoms with Gasteiger partial charge in [-0.25, -0.2) is 0 Å². The zero-order valence-corrected chi connectivity index (χ0v) is 25.9. The van der Waals surface area contributed by atoms with Crippen LogP contribution in [-0.4, -0.2) is 18.7 Å². The Morgan fingerprint density at radius 2 is 1.61 bits per heavy atom. The molecule has 2 nitrogen and oxygen atoms in total. The van der Waals surface area contributed by atoms with Gasteiger partial charge in [0.15, 0.2) is 6.71 Å². The zero-order chi connectivity index (χ0) is 29.2. The summed E-state index contributed by atoms with van der Waals surface area (Å²) in [6, 6.07) is 26.5. The van der Waals surface area contributed by atoms with Crippen molar-refractivity contribution in [3.8, 4) is 0 Å². The predicted molar refractivity (Wildman–Crippen MR) is 179 cm³/mol. The maximum absolute atomic E-state index is 6.86. The molecule has 2 unspecified atom stereocenters. The van der Waals surface area contributed by atoms with Crippen LogP contribution >= 0.6 is 0 Å². The van der Waals surface area contributed by atoms with E-state index in [2.05, 4.69) is 137 Å². The number of rotatable bonds is 9. The molecule has 0 spiro atoms. The van der Waals surface area contributed by atoms with E-state index in [0.29, 0.717) is 23.5 Å². The van der Waals surface area contributed by atoms with Gasteiger partial charge in [0.1, 0.15) is 6.17 Å². The smallest absolute Gasteiger partial charge is 0.177 e. The highest BCUT2D eigenvalue weighted by Gasteiger charge is 2.49. The third-order valence-corrected chi connectivity index (χ3v) is 10.2. The van der Waals surface area contributed by atoms with Crippen LogP contribution in [0.2, 0.25) is 12.6 Å². The van der Waals surface area contributed by atoms with E-state index in [9.17, 15) is 0 Å². The quantitative estimate of drug-likeness (QED) is 0.167. The summed E-state index contributed by atoms with van der Waals surface area (Å²) in [5.74, 6) is 0.399. The lowest BCUT2D eigenvalue weighted by Crippen LogP contribution is -2.37. The number of nitrogens with zero attached hydrogens (tertiary/aromatic N) is 1. The van der Waals surface area contributed by atoms with Gasteiger partial charge in [-0.2, -0.15) is 0 Å². The molecule has 212 valence electrons. The van der Waals surface area contributed by atoms with Crippen LogP contribution in [0.5, 0.6) is 0 Å². The molecule has 1 saturated heterocycles. The lowest BCUT2D eigenvalue weighted by Gasteiger charge is -2.35. The Bertz CT molecular complexity index is 1410. The summed E-state index contributed by atoms with van der Waals surface area (Å²) in [7, 11) is 2.13. The molecule has 0 amide bonds. The number of hydrogen-bond acceptors (Lipinski definition) is 2. The van der Waals surface area contributed by atoms with Crippen molar-refractivity contribution >= 4 is 17.9 Å². The van der Waals surface area contributed by atoms with Crippen molar-refractivity contribution in [2.45, 2.75) is 72.2 Å². The lowest BCUT2D eigenvalue weighted by atomic mass is 9.40. The summed E-state index contributed by atoms with van der Waals surface area (Å²) >= 11 is 0. The third-order valence-electron chi connectivity index (χ3n) is 10.2. The summed E-state index contributed by atoms with van der Waals surface area (Å²) < 4.78 is 0. The molecule has 3 aromatic rings. The molecule has 0 bridgehead atoms. The molecule has 1 heterocycles. The van der Waals surface area contributed by atoms with Crippen LogP contribution in [-0.2, 0) is 12.8 Å². The number of benzene rings is 3. The Hall–Kier alpha value is -3.30. The van der Waals surface area contributed by atoms with Crippen molar-refractivity contribution < 1.29 is 0 Å². The van der Waals surface area contributed by atoms with Gasteiger partial charge in [-0.05, 0) is 58.4 Å². The molecule has 1 aliphatic heterocycles. The highest BCUT2D eigenvalue weighted by Crippen LogP contribution is 2.53. The lowest BCUT2D eigenvalue weighted by molar-refractivity contribution is 0.177. The third kappa shape index (κ3) is 6.02. The van der Waals surface area contributed by atoms with E-state index in [-0.39, 0.29) is 6.17 Å². The van der Waals surface area contributed by atoms with Crippen molar-refractivity contribution in [3.05, 3.63) is 131 Å². The Morgan fingerprint density at radius 3 is 2.27 bits per heavy atom. The molecule has 2 aliphatic rings. The minimum atomic E-state index is -0.222. The first-order chi connectivity index (χ1) is 19.6. The average molecular weight is 543 g/mol. The first-order valence-electron chi connectivity index (χ1n) is 15.4. The number of fused-ring (bicyclic) bond motifs is 1. The van der Waals surface area contributed by atoms with Gasteiger partial charge in [0, 0.05) is 18.7 Å². The summed E-state index contributed by atoms with van der Waals surface area (Å²) in [5.41, 5.74) is 17.1. The number of allylic oxidation sites excluding steroid dienone is 5. The standard InChI is InChI=1S/C38H47BN2/c1-7-8-9-11-15-28-20-22-29(23-21-28)35(41(6)36(40)30-16-12-10-13-17-30)25-31-24-33-32(31)18-14-19-34(33)39-26-37(2,3)38(4,5)27-39/h7-14,16-23,25,31,36H,15,24,26-27,40H2,1-6H3/b8-7-,11-9-,35-25-. The molecule has 2 atom stereocenters. The maximum Gasteiger partial charge on any atom is 0.177 e. The van der Waals surface area contributed by atoms with Gasteiger partial charge in [0.05, 0.1) is 0 Å². The van der Waals surface area contributed by atoms with Crippen LogP contribution in [0.4, 0.5) is 0 Å². The van der Waals surface area contributed by atoms with Gasteiger partial charge < -0.3 is 10.6 Å². The molecule has 3 heteroatoms. The van der Waals surface area contributed by atoms with Gasteiger partial charge in [0.2, 0.25) is 0 Å². The summed E-state index contributed by atoms with van der Waals surface area (Å²) in [6.45, 7) is 12.5. The summed E-state index contributed by atoms with van der Waals surface area (Å²) in [6.07, 6.45) is 15.3. The molecule has 0 aromatic heterocycles. The van der Waals surface area contributed by atoms with Crippen molar-refractivity contribution in [2.24, 2.45) is 16.6 Å². The minimum Gasteiger partial charge on any atom is -0.355 e. The molecular weight excluding hydrogens is 495 g/mol. The van der Waals surface area contributed by atoms with Gasteiger partial charge in [-0.1, -0.05) is 149 Å². The molecule has 0 radical (unpaired) electrons. The molecule has 3 aromatic carbocycles. The van der Waals surface area contributed by atoms with E-state index in [4.69, 9.17) is 5.73 Å². The second-order valence-corrected chi connectivity index (χ2v) is 13.5. The SMILES string of the molecule is C/C=C\C=C/Cc1ccc(/C(=C/C2Cc3c(B4CC(C)(C)C(C)(C)C4)cccc32)N(C)C(N)c2ccccc2)cc1. The normalized spacial score (nSPS) is 20.3. The summed E-state index contributed by atoms with van der Waals surface area (Å²) in [4.78, 5) is 2.25. The van der Waals surface area contributed by atoms with Crippen molar-refractivity contribution in [1.29, 1.82) is 0 Å². The molecule has 1 aliphatic carbocycles. The molecule has 41 heavy (non-hydrogen) atoms. The van der Waals surface area contributed by atoms with Crippen molar-refractivity contribution in [1.82, 2.24) is 4.90 Å². The highest BCUT2D eigenvalue weighted by molar-refractivity contribution is 6.74. The zero-order valence-electron chi connectivity index (χ0n) is 25.9. The summed E-state index contributed by atoms with van der Waals surface area (Å²) in [5, 5.41) is 0. The number of nitrogens with two attached hydrogens (primary N) is 1. The van der Waals surface area contributed by atoms with Crippen molar-refractivity contribution in [2.75, 3.05) is 7.05 Å². The fourth-order valence-electron chi connectivity index (χ4n) is 6.85. The van der Waals surface area contributed by atoms with Crippen LogP contribution in [0.3, 0.4) is 0 Å². The second-order valence-electron chi connectivity index (χ2n) is 13.5. The topological polar surface area (TPSA) is 29.3 Å². The van der Waals surface area contributed by atoms with Crippen molar-refractivity contribution in [3.63, 3.8) is 0 Å². The Labute approximate surface area is 249 Å². The largest absolute Gasteiger partial charge is 0.355 e. The molecule has 5 rings (SSSR count). The van der Waals surface area contributed by atoms with E-state index in [1.807, 2.05) is 13.0 Å². The fraction of sp³-hybridized carbons (Fsp3) is 0.368. The van der Waals surface area contributed by atoms with Crippen LogP contribution in [0, 0.1) is 10.8 Å². The first kappa shape index (κ1) is 29.2. The van der Waals surface area contributed by atoms with Crippen LogP contribution in [0.25, 0.3) is 5.70 Å². The molecule has 1 fully saturated rings. The fourth-order valence-corrected chi connectivity index (χ4v) is 6.85. The molecular formula is C38H47BN2. The predicted octanol–water partition coefficient (Wildman–Crippen LogP) is 8.40. The minimum absolute atomic E-state index is 0.222. The van der Waals surface area contributed by atoms with E-state index in [1.54, 1.807) is 11.0 Å². The van der Waals surface area contributed by atoms with Gasteiger partial charge >= 0.3 is 0 Å². The Balaban J connectivity index is 1.45. The van der Waals surface area contributed by atoms with Gasteiger partial charge in [-0.15, -0.1) is 0 Å². The number of hydrogen-bond donors (Lipinski definition) is 1. The molecule has 2 N–H and O–H groups in total. The van der Waals surface area contributed by atoms with Crippen LogP contribution in [0.15, 0.2) is 103 Å². The van der Waals surface area contributed by atoms with Gasteiger partial charge in [0.25, 0.3) is 0 Å². The van der Waals surface area contributed by atoms with E-state index < -0.39 is 0 Å². The van der Waals surface area contributed by atoms with E-state index in [0.717, 1.165) is 18.4 Å². The second kappa shape index (κ2) is 11.9. The highest BCUT2D eigenvalue weighted by atomic mass is 15.2. The van der Waals surface area contributed by atoms with E-state index >= 15 is 0 Å². The first-order valence-corrected chi connectivity index (χ1v) is 15.4. The molecule has 0 saturated carbocycles.